The Labute approximate surface area is 102 Å². The quantitative estimate of drug-likeness (QED) is 0.712. The summed E-state index contributed by atoms with van der Waals surface area (Å²) in [4.78, 5) is 0. The van der Waals surface area contributed by atoms with Gasteiger partial charge in [-0.15, -0.1) is 0 Å². The summed E-state index contributed by atoms with van der Waals surface area (Å²) in [6.07, 6.45) is 4.36. The molecule has 88 valence electrons. The Morgan fingerprint density at radius 3 is 2.25 bits per heavy atom. The molecule has 0 unspecified atom stereocenters. The van der Waals surface area contributed by atoms with Gasteiger partial charge in [0.2, 0.25) is 0 Å². The lowest BCUT2D eigenvalue weighted by atomic mass is 9.93. The van der Waals surface area contributed by atoms with Crippen molar-refractivity contribution in [2.75, 3.05) is 0 Å². The topological polar surface area (TPSA) is 9.23 Å². The minimum atomic E-state index is -0.0495. The molecule has 0 N–H and O–H groups in total. The molecule has 0 bridgehead atoms. The highest BCUT2D eigenvalue weighted by molar-refractivity contribution is 5.98. The molecule has 16 heavy (non-hydrogen) atoms. The molecule has 1 rings (SSSR count). The molecular weight excluding hydrogens is 212 g/mol. The third-order valence-electron chi connectivity index (χ3n) is 3.31. The van der Waals surface area contributed by atoms with E-state index in [0.717, 1.165) is 23.3 Å². The first kappa shape index (κ1) is 13.2. The Hall–Kier alpha value is -0.863. The average Bonchev–Trinajstić information content (AvgIpc) is 2.37. The van der Waals surface area contributed by atoms with Crippen LogP contribution in [0.15, 0.2) is 36.4 Å². The van der Waals surface area contributed by atoms with Crippen LogP contribution >= 0.6 is 0 Å². The molecule has 0 radical (unpaired) electrons. The first-order valence-corrected chi connectivity index (χ1v) is 6.79. The van der Waals surface area contributed by atoms with Gasteiger partial charge in [0.25, 0.3) is 0 Å². The third kappa shape index (κ3) is 3.06. The van der Waals surface area contributed by atoms with Crippen molar-refractivity contribution in [3.05, 3.63) is 42.0 Å². The van der Waals surface area contributed by atoms with Gasteiger partial charge in [0.05, 0.1) is 5.60 Å². The van der Waals surface area contributed by atoms with Gasteiger partial charge in [0.15, 0.2) is 0 Å². The van der Waals surface area contributed by atoms with E-state index in [0.29, 0.717) is 0 Å². The predicted octanol–water partition coefficient (Wildman–Crippen LogP) is 2.95. The summed E-state index contributed by atoms with van der Waals surface area (Å²) in [6.45, 7) is 6.54. The summed E-state index contributed by atoms with van der Waals surface area (Å²) >= 11 is 0. The van der Waals surface area contributed by atoms with Crippen molar-refractivity contribution in [3.8, 4) is 0 Å². The third-order valence-corrected chi connectivity index (χ3v) is 4.13. The molecule has 1 aromatic carbocycles. The molecule has 0 aromatic heterocycles. The van der Waals surface area contributed by atoms with E-state index < -0.39 is 0 Å². The molecule has 0 heterocycles. The second-order valence-corrected chi connectivity index (χ2v) is 4.58. The molecule has 0 aliphatic carbocycles. The number of rotatable bonds is 5. The van der Waals surface area contributed by atoms with Gasteiger partial charge >= 0.3 is 0 Å². The van der Waals surface area contributed by atoms with Gasteiger partial charge in [0, 0.05) is 0 Å². The molecule has 0 spiro atoms. The van der Waals surface area contributed by atoms with Crippen molar-refractivity contribution < 1.29 is 4.43 Å². The first-order chi connectivity index (χ1) is 7.67. The first-order valence-electron chi connectivity index (χ1n) is 5.97. The lowest BCUT2D eigenvalue weighted by Gasteiger charge is -2.28. The molecule has 0 aliphatic rings. The fraction of sp³-hybridized carbons (Fsp3) is 0.429. The normalized spacial score (nSPS) is 13.1. The molecule has 0 aliphatic heterocycles. The van der Waals surface area contributed by atoms with E-state index in [1.807, 2.05) is 6.07 Å². The Balaban J connectivity index is 2.99. The standard InChI is InChI=1S/C14H22OSi/c1-4-14(5-2,15-16)11-12(3)13-9-7-6-8-10-13/h6-11H,4-5H2,1-3,16H3. The molecule has 1 nitrogen and oxygen atoms in total. The van der Waals surface area contributed by atoms with Crippen LogP contribution in [-0.2, 0) is 4.43 Å². The highest BCUT2D eigenvalue weighted by Gasteiger charge is 2.21. The molecule has 1 aromatic rings. The zero-order valence-corrected chi connectivity index (χ0v) is 12.8. The van der Waals surface area contributed by atoms with Crippen LogP contribution in [0.3, 0.4) is 0 Å². The second kappa shape index (κ2) is 6.02. The van der Waals surface area contributed by atoms with Crippen LogP contribution in [0.1, 0.15) is 39.2 Å². The summed E-state index contributed by atoms with van der Waals surface area (Å²) in [5, 5.41) is 0. The zero-order chi connectivity index (χ0) is 12.0. The molecule has 0 saturated heterocycles. The highest BCUT2D eigenvalue weighted by atomic mass is 28.2. The van der Waals surface area contributed by atoms with E-state index in [-0.39, 0.29) is 5.60 Å². The molecular formula is C14H22OSi. The largest absolute Gasteiger partial charge is 0.419 e. The van der Waals surface area contributed by atoms with Gasteiger partial charge in [-0.2, -0.15) is 0 Å². The van der Waals surface area contributed by atoms with Gasteiger partial charge in [-0.25, -0.2) is 0 Å². The SMILES string of the molecule is CCC(C=C(C)c1ccccc1)(CC)O[SiH3]. The van der Waals surface area contributed by atoms with E-state index in [1.54, 1.807) is 0 Å². The molecule has 0 atom stereocenters. The summed E-state index contributed by atoms with van der Waals surface area (Å²) in [7, 11) is 0.789. The van der Waals surface area contributed by atoms with E-state index in [9.17, 15) is 0 Å². The van der Waals surface area contributed by atoms with Crippen molar-refractivity contribution in [2.45, 2.75) is 39.2 Å². The van der Waals surface area contributed by atoms with Gasteiger partial charge in [-0.3, -0.25) is 0 Å². The average molecular weight is 234 g/mol. The van der Waals surface area contributed by atoms with Gasteiger partial charge in [-0.05, 0) is 30.9 Å². The fourth-order valence-electron chi connectivity index (χ4n) is 1.98. The van der Waals surface area contributed by atoms with E-state index in [4.69, 9.17) is 4.43 Å². The summed E-state index contributed by atoms with van der Waals surface area (Å²) in [5.41, 5.74) is 2.54. The Morgan fingerprint density at radius 1 is 1.25 bits per heavy atom. The van der Waals surface area contributed by atoms with Crippen LogP contribution in [0.4, 0.5) is 0 Å². The van der Waals surface area contributed by atoms with Crippen molar-refractivity contribution in [3.63, 3.8) is 0 Å². The minimum absolute atomic E-state index is 0.0495. The Morgan fingerprint density at radius 2 is 1.81 bits per heavy atom. The minimum Gasteiger partial charge on any atom is -0.419 e. The van der Waals surface area contributed by atoms with E-state index in [1.165, 1.54) is 11.1 Å². The summed E-state index contributed by atoms with van der Waals surface area (Å²) in [6, 6.07) is 10.5. The van der Waals surface area contributed by atoms with Gasteiger partial charge in [0.1, 0.15) is 10.5 Å². The lowest BCUT2D eigenvalue weighted by molar-refractivity contribution is 0.125. The number of allylic oxidation sites excluding steroid dienone is 1. The maximum atomic E-state index is 5.79. The van der Waals surface area contributed by atoms with Gasteiger partial charge in [-0.1, -0.05) is 50.3 Å². The predicted molar refractivity (Wildman–Crippen MR) is 74.4 cm³/mol. The summed E-state index contributed by atoms with van der Waals surface area (Å²) < 4.78 is 5.79. The second-order valence-electron chi connectivity index (χ2n) is 4.17. The van der Waals surface area contributed by atoms with Gasteiger partial charge < -0.3 is 4.43 Å². The van der Waals surface area contributed by atoms with E-state index >= 15 is 0 Å². The van der Waals surface area contributed by atoms with Crippen LogP contribution in [0.25, 0.3) is 5.57 Å². The van der Waals surface area contributed by atoms with Crippen LogP contribution in [0, 0.1) is 0 Å². The lowest BCUT2D eigenvalue weighted by Crippen LogP contribution is -2.27. The Bertz CT molecular complexity index is 331. The zero-order valence-electron chi connectivity index (χ0n) is 10.8. The summed E-state index contributed by atoms with van der Waals surface area (Å²) in [5.74, 6) is 0. The van der Waals surface area contributed by atoms with Crippen LogP contribution < -0.4 is 0 Å². The molecule has 0 amide bonds. The highest BCUT2D eigenvalue weighted by Crippen LogP contribution is 2.26. The smallest absolute Gasteiger partial charge is 0.147 e. The van der Waals surface area contributed by atoms with Crippen molar-refractivity contribution >= 4 is 16.1 Å². The maximum Gasteiger partial charge on any atom is 0.147 e. The molecule has 0 saturated carbocycles. The maximum absolute atomic E-state index is 5.79. The van der Waals surface area contributed by atoms with Crippen molar-refractivity contribution in [1.82, 2.24) is 0 Å². The van der Waals surface area contributed by atoms with Crippen LogP contribution in [0.5, 0.6) is 0 Å². The van der Waals surface area contributed by atoms with Crippen LogP contribution in [0.2, 0.25) is 0 Å². The molecule has 0 fully saturated rings. The Kier molecular flexibility index (Phi) is 4.96. The van der Waals surface area contributed by atoms with Crippen molar-refractivity contribution in [2.24, 2.45) is 0 Å². The number of hydrogen-bond acceptors (Lipinski definition) is 1. The van der Waals surface area contributed by atoms with Crippen molar-refractivity contribution in [1.29, 1.82) is 0 Å². The number of benzene rings is 1. The molecule has 2 heteroatoms. The van der Waals surface area contributed by atoms with Crippen LogP contribution in [-0.4, -0.2) is 16.1 Å². The van der Waals surface area contributed by atoms with E-state index in [2.05, 4.69) is 51.1 Å². The monoisotopic (exact) mass is 234 g/mol. The number of hydrogen-bond donors (Lipinski definition) is 0. The fourth-order valence-corrected chi connectivity index (χ4v) is 2.68.